The molecule has 0 saturated heterocycles. The van der Waals surface area contributed by atoms with Crippen molar-refractivity contribution in [1.29, 1.82) is 0 Å². The predicted octanol–water partition coefficient (Wildman–Crippen LogP) is 4.80. The van der Waals surface area contributed by atoms with Crippen LogP contribution in [0.2, 0.25) is 0 Å². The molecular weight excluding hydrogens is 254 g/mol. The maximum absolute atomic E-state index is 5.80. The van der Waals surface area contributed by atoms with E-state index in [0.29, 0.717) is 5.70 Å². The molecule has 0 spiro atoms. The molecule has 0 atom stereocenters. The molecule has 0 unspecified atom stereocenters. The zero-order chi connectivity index (χ0) is 15.6. The minimum absolute atomic E-state index is 0.605. The molecule has 2 rings (SSSR count). The van der Waals surface area contributed by atoms with E-state index in [-0.39, 0.29) is 0 Å². The number of benzene rings is 2. The minimum atomic E-state index is 0.605. The van der Waals surface area contributed by atoms with Gasteiger partial charge in [-0.25, -0.2) is 0 Å². The van der Waals surface area contributed by atoms with Gasteiger partial charge in [-0.2, -0.15) is 0 Å². The summed E-state index contributed by atoms with van der Waals surface area (Å²) in [5.74, 6) is 0. The summed E-state index contributed by atoms with van der Waals surface area (Å²) in [5, 5.41) is 0. The topological polar surface area (TPSA) is 26.0 Å². The second-order valence-corrected chi connectivity index (χ2v) is 5.82. The fourth-order valence-electron chi connectivity index (χ4n) is 2.57. The molecule has 0 heterocycles. The fourth-order valence-corrected chi connectivity index (χ4v) is 2.57. The Kier molecular flexibility index (Phi) is 4.32. The molecule has 2 aromatic carbocycles. The number of aryl methyl sites for hydroxylation is 3. The molecule has 2 N–H and O–H groups in total. The minimum Gasteiger partial charge on any atom is -0.399 e. The van der Waals surface area contributed by atoms with Crippen LogP contribution in [0.1, 0.15) is 33.4 Å². The van der Waals surface area contributed by atoms with Crippen LogP contribution < -0.4 is 5.73 Å². The van der Waals surface area contributed by atoms with Crippen LogP contribution in [-0.2, 0) is 6.42 Å². The van der Waals surface area contributed by atoms with Gasteiger partial charge in [0.15, 0.2) is 0 Å². The smallest absolute Gasteiger partial charge is 0.0314 e. The van der Waals surface area contributed by atoms with E-state index in [0.717, 1.165) is 17.6 Å². The maximum atomic E-state index is 5.80. The number of hydrogen-bond donors (Lipinski definition) is 1. The lowest BCUT2D eigenvalue weighted by Gasteiger charge is -2.12. The summed E-state index contributed by atoms with van der Waals surface area (Å²) in [5.41, 5.74) is 14.8. The van der Waals surface area contributed by atoms with Gasteiger partial charge in [0.1, 0.15) is 0 Å². The fraction of sp³-hybridized carbons (Fsp3) is 0.200. The van der Waals surface area contributed by atoms with E-state index < -0.39 is 0 Å². The van der Waals surface area contributed by atoms with Gasteiger partial charge in [0.25, 0.3) is 0 Å². The summed E-state index contributed by atoms with van der Waals surface area (Å²) in [6.07, 6.45) is 0.829. The number of hydrogen-bond acceptors (Lipinski definition) is 1. The van der Waals surface area contributed by atoms with Gasteiger partial charge < -0.3 is 5.73 Å². The lowest BCUT2D eigenvalue weighted by Crippen LogP contribution is -1.99. The van der Waals surface area contributed by atoms with Gasteiger partial charge in [-0.15, -0.1) is 0 Å². The second kappa shape index (κ2) is 6.01. The highest BCUT2D eigenvalue weighted by atomic mass is 14.6. The van der Waals surface area contributed by atoms with E-state index in [9.17, 15) is 0 Å². The molecule has 2 aromatic rings. The Morgan fingerprint density at radius 1 is 0.905 bits per heavy atom. The Balaban J connectivity index is 2.31. The average molecular weight is 277 g/mol. The Labute approximate surface area is 127 Å². The monoisotopic (exact) mass is 277 g/mol. The highest BCUT2D eigenvalue weighted by Crippen LogP contribution is 2.24. The molecule has 0 aliphatic rings. The van der Waals surface area contributed by atoms with E-state index in [1.807, 2.05) is 6.07 Å². The highest BCUT2D eigenvalue weighted by molar-refractivity contribution is 5.69. The third kappa shape index (κ3) is 3.63. The van der Waals surface area contributed by atoms with Gasteiger partial charge in [-0.1, -0.05) is 54.6 Å². The summed E-state index contributed by atoms with van der Waals surface area (Å²) >= 11 is 0. The third-order valence-electron chi connectivity index (χ3n) is 3.75. The molecule has 0 radical (unpaired) electrons. The van der Waals surface area contributed by atoms with Crippen LogP contribution in [0.3, 0.4) is 0 Å². The van der Waals surface area contributed by atoms with Gasteiger partial charge in [-0.3, -0.25) is 0 Å². The quantitative estimate of drug-likeness (QED) is 0.853. The van der Waals surface area contributed by atoms with Gasteiger partial charge >= 0.3 is 0 Å². The molecule has 108 valence electrons. The molecule has 0 aliphatic carbocycles. The van der Waals surface area contributed by atoms with Crippen LogP contribution in [0.25, 0.3) is 11.3 Å². The van der Waals surface area contributed by atoms with Gasteiger partial charge in [0, 0.05) is 5.70 Å². The Morgan fingerprint density at radius 3 is 2.10 bits per heavy atom. The van der Waals surface area contributed by atoms with Gasteiger partial charge in [-0.05, 0) is 61.1 Å². The summed E-state index contributed by atoms with van der Waals surface area (Å²) in [4.78, 5) is 0. The molecule has 1 nitrogen and oxygen atoms in total. The van der Waals surface area contributed by atoms with Crippen LogP contribution in [0.4, 0.5) is 0 Å². The summed E-state index contributed by atoms with van der Waals surface area (Å²) in [6.45, 7) is 14.4. The Morgan fingerprint density at radius 2 is 1.52 bits per heavy atom. The van der Waals surface area contributed by atoms with Crippen molar-refractivity contribution < 1.29 is 0 Å². The molecule has 0 aliphatic heterocycles. The average Bonchev–Trinajstić information content (AvgIpc) is 2.39. The molecule has 0 amide bonds. The van der Waals surface area contributed by atoms with Crippen molar-refractivity contribution in [2.45, 2.75) is 27.2 Å². The zero-order valence-electron chi connectivity index (χ0n) is 13.2. The van der Waals surface area contributed by atoms with Crippen molar-refractivity contribution in [2.24, 2.45) is 5.73 Å². The normalized spacial score (nSPS) is 10.4. The third-order valence-corrected chi connectivity index (χ3v) is 3.75. The van der Waals surface area contributed by atoms with Crippen LogP contribution in [-0.4, -0.2) is 0 Å². The maximum Gasteiger partial charge on any atom is 0.0314 e. The van der Waals surface area contributed by atoms with Gasteiger partial charge in [0.2, 0.25) is 0 Å². The Hall–Kier alpha value is -2.28. The first kappa shape index (κ1) is 15.1. The highest BCUT2D eigenvalue weighted by Gasteiger charge is 2.06. The van der Waals surface area contributed by atoms with Gasteiger partial charge in [0.05, 0.1) is 0 Å². The molecule has 0 aromatic heterocycles. The second-order valence-electron chi connectivity index (χ2n) is 5.82. The lowest BCUT2D eigenvalue weighted by atomic mass is 9.93. The molecular formula is C20H23N. The van der Waals surface area contributed by atoms with E-state index in [2.05, 4.69) is 64.3 Å². The number of nitrogens with two attached hydrogens (primary N) is 1. The van der Waals surface area contributed by atoms with Crippen LogP contribution in [0.5, 0.6) is 0 Å². The molecule has 1 heteroatoms. The Bertz CT molecular complexity index is 688. The number of allylic oxidation sites excluding steroid dienone is 1. The first-order chi connectivity index (χ1) is 9.86. The number of rotatable bonds is 4. The molecule has 0 saturated carbocycles. The van der Waals surface area contributed by atoms with Crippen molar-refractivity contribution in [3.8, 4) is 0 Å². The summed E-state index contributed by atoms with van der Waals surface area (Å²) in [6, 6.07) is 12.8. The molecule has 0 fully saturated rings. The van der Waals surface area contributed by atoms with Crippen molar-refractivity contribution in [3.63, 3.8) is 0 Å². The van der Waals surface area contributed by atoms with Crippen molar-refractivity contribution in [3.05, 3.63) is 82.9 Å². The van der Waals surface area contributed by atoms with Crippen molar-refractivity contribution >= 4 is 11.3 Å². The molecule has 21 heavy (non-hydrogen) atoms. The lowest BCUT2D eigenvalue weighted by molar-refractivity contribution is 1.21. The van der Waals surface area contributed by atoms with E-state index in [4.69, 9.17) is 5.73 Å². The van der Waals surface area contributed by atoms with Crippen LogP contribution in [0, 0.1) is 20.8 Å². The van der Waals surface area contributed by atoms with E-state index in [1.54, 1.807) is 0 Å². The van der Waals surface area contributed by atoms with Crippen molar-refractivity contribution in [2.75, 3.05) is 0 Å². The first-order valence-electron chi connectivity index (χ1n) is 7.17. The van der Waals surface area contributed by atoms with E-state index in [1.165, 1.54) is 27.8 Å². The SMILES string of the molecule is C=C(N)c1ccc(C)c(CC(=C)c2cc(C)cc(C)c2)c1. The van der Waals surface area contributed by atoms with Crippen LogP contribution >= 0.6 is 0 Å². The van der Waals surface area contributed by atoms with Crippen LogP contribution in [0.15, 0.2) is 49.6 Å². The standard InChI is InChI=1S/C20H23N/c1-13-8-14(2)10-19(9-13)16(4)11-20-12-18(17(5)21)7-6-15(20)3/h6-10,12H,4-5,11,21H2,1-3H3. The predicted molar refractivity (Wildman–Crippen MR) is 93.1 cm³/mol. The largest absolute Gasteiger partial charge is 0.399 e. The zero-order valence-corrected chi connectivity index (χ0v) is 13.2. The van der Waals surface area contributed by atoms with E-state index >= 15 is 0 Å². The summed E-state index contributed by atoms with van der Waals surface area (Å²) < 4.78 is 0. The summed E-state index contributed by atoms with van der Waals surface area (Å²) in [7, 11) is 0. The van der Waals surface area contributed by atoms with Crippen molar-refractivity contribution in [1.82, 2.24) is 0 Å². The molecule has 0 bridgehead atoms. The first-order valence-corrected chi connectivity index (χ1v) is 7.17.